The summed E-state index contributed by atoms with van der Waals surface area (Å²) in [5, 5.41) is 9.54. The monoisotopic (exact) mass is 1870 g/mol. The third-order valence-electron chi connectivity index (χ3n) is 20.8. The van der Waals surface area contributed by atoms with E-state index < -0.39 is 0 Å². The van der Waals surface area contributed by atoms with Gasteiger partial charge in [-0.3, -0.25) is 0 Å². The van der Waals surface area contributed by atoms with E-state index in [0.29, 0.717) is 51.9 Å². The Morgan fingerprint density at radius 2 is 0.508 bits per heavy atom. The molecule has 0 unspecified atom stereocenters. The van der Waals surface area contributed by atoms with Crippen molar-refractivity contribution in [3.63, 3.8) is 0 Å². The van der Waals surface area contributed by atoms with Crippen LogP contribution in [0.3, 0.4) is 0 Å². The second-order valence-electron chi connectivity index (χ2n) is 28.6. The largest absolute Gasteiger partial charge is 0.236 e. The zero-order valence-electron chi connectivity index (χ0n) is 64.1. The second kappa shape index (κ2) is 34.8. The Balaban J connectivity index is 0.000000103. The minimum atomic E-state index is -0.0275. The molecular formula is C100H64Br5N15. The summed E-state index contributed by atoms with van der Waals surface area (Å²) in [6, 6.07) is 110. The van der Waals surface area contributed by atoms with E-state index in [2.05, 4.69) is 370 Å². The van der Waals surface area contributed by atoms with Crippen molar-refractivity contribution >= 4 is 156 Å². The lowest BCUT2D eigenvalue weighted by Gasteiger charge is -2.22. The molecule has 0 aliphatic heterocycles. The maximum atomic E-state index is 4.71. The molecule has 0 bridgehead atoms. The molecule has 0 amide bonds. The van der Waals surface area contributed by atoms with Crippen LogP contribution in [0.5, 0.6) is 0 Å². The molecule has 0 saturated heterocycles. The van der Waals surface area contributed by atoms with Crippen LogP contribution in [0.1, 0.15) is 25.0 Å². The predicted octanol–water partition coefficient (Wildman–Crippen LogP) is 26.9. The van der Waals surface area contributed by atoms with Gasteiger partial charge in [0, 0.05) is 91.1 Å². The molecule has 21 aromatic rings. The highest BCUT2D eigenvalue weighted by atomic mass is 79.9. The number of aromatic nitrogens is 15. The summed E-state index contributed by atoms with van der Waals surface area (Å²) in [5.74, 6) is 0. The summed E-state index contributed by atoms with van der Waals surface area (Å²) >= 11 is 17.0. The van der Waals surface area contributed by atoms with Crippen molar-refractivity contribution in [2.45, 2.75) is 19.3 Å². The smallest absolute Gasteiger partial charge is 0.199 e. The number of halogens is 5. The van der Waals surface area contributed by atoms with Gasteiger partial charge in [-0.2, -0.15) is 0 Å². The molecule has 574 valence electrons. The summed E-state index contributed by atoms with van der Waals surface area (Å²) in [4.78, 5) is 66.6. The van der Waals surface area contributed by atoms with Crippen LogP contribution in [0.4, 0.5) is 0 Å². The molecular weight excluding hydrogens is 1810 g/mol. The fourth-order valence-electron chi connectivity index (χ4n) is 15.2. The Labute approximate surface area is 732 Å². The van der Waals surface area contributed by atoms with Gasteiger partial charge in [-0.1, -0.05) is 238 Å². The standard InChI is InChI=1S/C25H16BrN3.C22H16BrN3.C19H12BrN3.2C17H10BrN3/c26-25-28-23(22-12-7-13-27-24(22)29-25)21-15-19(17-8-3-1-4-9-17)14-20(16-21)18-10-5-2-6-11-18;1-22(2)17-8-4-3-6-14(17)15-10-9-13(12-18(15)22)19-16-7-5-11-24-20(16)26-21(23)25-19;20-19-22-17(16-10-5-11-21-18(16)23-19)15-9-4-8-14(12-15)13-6-2-1-3-7-13;18-17-20-15(14-9-4-10-19-16(14)21-17)13-8-3-6-11-5-1-2-7-12(11)13;18-17-20-15(14-6-3-9-19-16(14)21-17)13-8-7-11-4-1-2-5-12(11)10-13/h1-16H;3-12H,1-2H3;1-12H;2*1-10H. The van der Waals surface area contributed by atoms with Crippen molar-refractivity contribution in [2.75, 3.05) is 0 Å². The summed E-state index contributed by atoms with van der Waals surface area (Å²) in [6.45, 7) is 4.58. The summed E-state index contributed by atoms with van der Waals surface area (Å²) in [6.07, 6.45) is 8.74. The number of hydrogen-bond donors (Lipinski definition) is 0. The van der Waals surface area contributed by atoms with Gasteiger partial charge >= 0.3 is 0 Å². The molecule has 11 aromatic carbocycles. The minimum Gasteiger partial charge on any atom is -0.236 e. The predicted molar refractivity (Wildman–Crippen MR) is 501 cm³/mol. The van der Waals surface area contributed by atoms with Gasteiger partial charge in [0.25, 0.3) is 0 Å². The van der Waals surface area contributed by atoms with Crippen LogP contribution in [-0.4, -0.2) is 74.8 Å². The minimum absolute atomic E-state index is 0.0275. The van der Waals surface area contributed by atoms with Crippen LogP contribution in [-0.2, 0) is 5.41 Å². The molecule has 20 heteroatoms. The first-order chi connectivity index (χ1) is 58.8. The normalized spacial score (nSPS) is 11.7. The van der Waals surface area contributed by atoms with Crippen molar-refractivity contribution < 1.29 is 0 Å². The average molecular weight is 1880 g/mol. The third kappa shape index (κ3) is 16.6. The number of pyridine rings is 5. The number of fused-ring (bicyclic) bond motifs is 10. The lowest BCUT2D eigenvalue weighted by Crippen LogP contribution is -2.14. The van der Waals surface area contributed by atoms with Gasteiger partial charge in [0.15, 0.2) is 51.9 Å². The third-order valence-corrected chi connectivity index (χ3v) is 22.6. The van der Waals surface area contributed by atoms with Crippen molar-refractivity contribution in [2.24, 2.45) is 0 Å². The van der Waals surface area contributed by atoms with E-state index in [-0.39, 0.29) is 5.41 Å². The zero-order valence-corrected chi connectivity index (χ0v) is 72.0. The highest BCUT2D eigenvalue weighted by Gasteiger charge is 2.35. The molecule has 15 nitrogen and oxygen atoms in total. The Morgan fingerprint density at radius 1 is 0.192 bits per heavy atom. The highest BCUT2D eigenvalue weighted by molar-refractivity contribution is 9.11. The summed E-state index contributed by atoms with van der Waals surface area (Å²) < 4.78 is 2.74. The fraction of sp³-hybridized carbons (Fsp3) is 0.0300. The van der Waals surface area contributed by atoms with Gasteiger partial charge in [-0.05, 0) is 254 Å². The van der Waals surface area contributed by atoms with Gasteiger partial charge in [0.05, 0.1) is 28.5 Å². The first-order valence-corrected chi connectivity index (χ1v) is 42.3. The lowest BCUT2D eigenvalue weighted by atomic mass is 9.82. The van der Waals surface area contributed by atoms with Crippen molar-refractivity contribution in [1.29, 1.82) is 0 Å². The van der Waals surface area contributed by atoms with E-state index in [1.54, 1.807) is 31.0 Å². The molecule has 10 heterocycles. The maximum absolute atomic E-state index is 4.71. The number of hydrogen-bond acceptors (Lipinski definition) is 15. The maximum Gasteiger partial charge on any atom is 0.199 e. The van der Waals surface area contributed by atoms with Crippen LogP contribution in [0.15, 0.2) is 376 Å². The van der Waals surface area contributed by atoms with E-state index in [1.807, 2.05) is 115 Å². The zero-order chi connectivity index (χ0) is 81.6. The van der Waals surface area contributed by atoms with Gasteiger partial charge in [0.2, 0.25) is 0 Å². The van der Waals surface area contributed by atoms with Crippen LogP contribution < -0.4 is 0 Å². The van der Waals surface area contributed by atoms with E-state index in [9.17, 15) is 0 Å². The van der Waals surface area contributed by atoms with Crippen molar-refractivity contribution in [3.8, 4) is 101 Å². The summed E-state index contributed by atoms with van der Waals surface area (Å²) in [5.41, 5.74) is 25.5. The van der Waals surface area contributed by atoms with Gasteiger partial charge < -0.3 is 0 Å². The van der Waals surface area contributed by atoms with Crippen LogP contribution in [0, 0.1) is 0 Å². The molecule has 0 N–H and O–H groups in total. The number of benzene rings is 11. The first-order valence-electron chi connectivity index (χ1n) is 38.3. The Bertz CT molecular complexity index is 7370. The van der Waals surface area contributed by atoms with Crippen molar-refractivity contribution in [3.05, 3.63) is 387 Å². The lowest BCUT2D eigenvalue weighted by molar-refractivity contribution is 0.660. The molecule has 120 heavy (non-hydrogen) atoms. The molecule has 0 saturated carbocycles. The molecule has 10 aromatic heterocycles. The Morgan fingerprint density at radius 3 is 1.01 bits per heavy atom. The van der Waals surface area contributed by atoms with Crippen LogP contribution in [0.25, 0.3) is 178 Å². The van der Waals surface area contributed by atoms with E-state index >= 15 is 0 Å². The first kappa shape index (κ1) is 78.0. The fourth-order valence-corrected chi connectivity index (χ4v) is 16.9. The Kier molecular flexibility index (Phi) is 22.6. The van der Waals surface area contributed by atoms with Gasteiger partial charge in [-0.25, -0.2) is 74.8 Å². The average Bonchev–Trinajstić information content (AvgIpc) is 1.58. The molecule has 1 aliphatic carbocycles. The molecule has 1 aliphatic rings. The van der Waals surface area contributed by atoms with Gasteiger partial charge in [0.1, 0.15) is 0 Å². The molecule has 0 radical (unpaired) electrons. The van der Waals surface area contributed by atoms with E-state index in [4.69, 9.17) is 4.98 Å². The molecule has 0 atom stereocenters. The quantitative estimate of drug-likeness (QED) is 0.130. The summed E-state index contributed by atoms with van der Waals surface area (Å²) in [7, 11) is 0. The van der Waals surface area contributed by atoms with Gasteiger partial charge in [-0.15, -0.1) is 0 Å². The van der Waals surface area contributed by atoms with Crippen LogP contribution in [0.2, 0.25) is 0 Å². The van der Waals surface area contributed by atoms with Crippen molar-refractivity contribution in [1.82, 2.24) is 74.8 Å². The molecule has 0 fully saturated rings. The highest BCUT2D eigenvalue weighted by Crippen LogP contribution is 2.50. The molecule has 0 spiro atoms. The Hall–Kier alpha value is -13.2. The SMILES string of the molecule is Brc1nc(-c2cc(-c3ccccc3)cc(-c3ccccc3)c2)c2cccnc2n1.Brc1nc(-c2ccc3ccccc3c2)c2cccnc2n1.Brc1nc(-c2cccc(-c3ccccc3)c2)c2cccnc2n1.Brc1nc(-c2cccc3ccccc23)c2cccnc2n1.CC1(C)c2ccccc2-c2ccc(-c3nc(Br)nc4ncccc34)cc21. The number of nitrogens with zero attached hydrogens (tertiary/aromatic N) is 15. The topological polar surface area (TPSA) is 193 Å². The van der Waals surface area contributed by atoms with E-state index in [0.717, 1.165) is 99.9 Å². The van der Waals surface area contributed by atoms with Crippen LogP contribution >= 0.6 is 79.6 Å². The second-order valence-corrected chi connectivity index (χ2v) is 32.1. The van der Waals surface area contributed by atoms with E-state index in [1.165, 1.54) is 60.5 Å². The molecule has 22 rings (SSSR count). The number of rotatable bonds is 8.